The van der Waals surface area contributed by atoms with Crippen molar-refractivity contribution in [2.45, 2.75) is 46.1 Å². The van der Waals surface area contributed by atoms with Crippen LogP contribution in [0.25, 0.3) is 0 Å². The van der Waals surface area contributed by atoms with Crippen LogP contribution in [0.15, 0.2) is 27.8 Å². The molecule has 3 rings (SSSR count). The van der Waals surface area contributed by atoms with E-state index in [0.717, 1.165) is 63.0 Å². The fraction of sp³-hybridized carbons (Fsp3) is 0.619. The summed E-state index contributed by atoms with van der Waals surface area (Å²) >= 11 is 0. The Bertz CT molecular complexity index is 760. The van der Waals surface area contributed by atoms with Crippen molar-refractivity contribution in [1.82, 2.24) is 20.4 Å². The molecule has 0 aliphatic carbocycles. The van der Waals surface area contributed by atoms with Gasteiger partial charge in [0, 0.05) is 50.8 Å². The number of hydrogen-bond acceptors (Lipinski definition) is 4. The minimum absolute atomic E-state index is 0.247. The number of ether oxygens (including phenoxy) is 1. The number of aliphatic imine (C=N–C) groups is 1. The van der Waals surface area contributed by atoms with Crippen LogP contribution in [0.3, 0.4) is 0 Å². The second kappa shape index (κ2) is 9.78. The Hall–Kier alpha value is -2.28. The van der Waals surface area contributed by atoms with Gasteiger partial charge >= 0.3 is 0 Å². The van der Waals surface area contributed by atoms with Crippen molar-refractivity contribution in [1.29, 1.82) is 0 Å². The Morgan fingerprint density at radius 3 is 2.93 bits per heavy atom. The summed E-state index contributed by atoms with van der Waals surface area (Å²) in [5.41, 5.74) is 3.63. The van der Waals surface area contributed by atoms with Gasteiger partial charge in [0.25, 0.3) is 0 Å². The zero-order chi connectivity index (χ0) is 19.9. The van der Waals surface area contributed by atoms with Gasteiger partial charge in [-0.15, -0.1) is 0 Å². The van der Waals surface area contributed by atoms with E-state index in [0.29, 0.717) is 5.92 Å². The molecule has 7 heteroatoms. The minimum atomic E-state index is 0.247. The predicted octanol–water partition coefficient (Wildman–Crippen LogP) is 2.38. The highest BCUT2D eigenvalue weighted by Crippen LogP contribution is 2.14. The molecule has 3 heterocycles. The van der Waals surface area contributed by atoms with E-state index in [4.69, 9.17) is 14.1 Å². The quantitative estimate of drug-likeness (QED) is 0.537. The Morgan fingerprint density at radius 1 is 1.43 bits per heavy atom. The average Bonchev–Trinajstić information content (AvgIpc) is 3.40. The summed E-state index contributed by atoms with van der Waals surface area (Å²) in [6, 6.07) is 4.16. The van der Waals surface area contributed by atoms with E-state index in [1.54, 1.807) is 6.26 Å². The summed E-state index contributed by atoms with van der Waals surface area (Å²) in [5.74, 6) is 2.35. The molecule has 2 aromatic rings. The summed E-state index contributed by atoms with van der Waals surface area (Å²) in [7, 11) is 2.00. The van der Waals surface area contributed by atoms with Gasteiger partial charge < -0.3 is 19.8 Å². The highest BCUT2D eigenvalue weighted by atomic mass is 16.5. The number of guanidine groups is 1. The molecule has 28 heavy (non-hydrogen) atoms. The summed E-state index contributed by atoms with van der Waals surface area (Å²) in [6.45, 7) is 9.61. The molecule has 1 saturated heterocycles. The monoisotopic (exact) mass is 387 g/mol. The highest BCUT2D eigenvalue weighted by molar-refractivity contribution is 5.80. The maximum atomic E-state index is 5.48. The lowest BCUT2D eigenvalue weighted by atomic mass is 10.1. The molecule has 0 aromatic carbocycles. The van der Waals surface area contributed by atoms with Crippen LogP contribution < -0.4 is 10.6 Å². The van der Waals surface area contributed by atoms with Crippen molar-refractivity contribution < 1.29 is 9.15 Å². The SMILES string of the molecule is Cc1nn(C)c(C)c1CC(C)NC(=NCC1CCOC1)NCCc1ccco1. The largest absolute Gasteiger partial charge is 0.469 e. The lowest BCUT2D eigenvalue weighted by molar-refractivity contribution is 0.187. The predicted molar refractivity (Wildman–Crippen MR) is 111 cm³/mol. The Morgan fingerprint density at radius 2 is 2.29 bits per heavy atom. The smallest absolute Gasteiger partial charge is 0.191 e. The highest BCUT2D eigenvalue weighted by Gasteiger charge is 2.17. The molecule has 0 amide bonds. The second-order valence-corrected chi connectivity index (χ2v) is 7.70. The van der Waals surface area contributed by atoms with Gasteiger partial charge in [-0.2, -0.15) is 5.10 Å². The van der Waals surface area contributed by atoms with Gasteiger partial charge in [0.15, 0.2) is 5.96 Å². The summed E-state index contributed by atoms with van der Waals surface area (Å²) in [6.07, 6.45) is 4.54. The van der Waals surface area contributed by atoms with E-state index in [1.807, 2.05) is 23.9 Å². The lowest BCUT2D eigenvalue weighted by Crippen LogP contribution is -2.44. The maximum Gasteiger partial charge on any atom is 0.191 e. The van der Waals surface area contributed by atoms with Crippen molar-refractivity contribution in [3.05, 3.63) is 41.1 Å². The van der Waals surface area contributed by atoms with Crippen molar-refractivity contribution in [3.63, 3.8) is 0 Å². The number of nitrogens with zero attached hydrogens (tertiary/aromatic N) is 3. The number of furan rings is 1. The fourth-order valence-corrected chi connectivity index (χ4v) is 3.56. The topological polar surface area (TPSA) is 76.6 Å². The summed E-state index contributed by atoms with van der Waals surface area (Å²) in [5, 5.41) is 11.5. The number of rotatable bonds is 8. The van der Waals surface area contributed by atoms with Crippen LogP contribution in [0.5, 0.6) is 0 Å². The lowest BCUT2D eigenvalue weighted by Gasteiger charge is -2.19. The average molecular weight is 388 g/mol. The van der Waals surface area contributed by atoms with E-state index in [9.17, 15) is 0 Å². The molecular formula is C21H33N5O2. The van der Waals surface area contributed by atoms with E-state index >= 15 is 0 Å². The van der Waals surface area contributed by atoms with E-state index < -0.39 is 0 Å². The van der Waals surface area contributed by atoms with Gasteiger partial charge in [-0.1, -0.05) is 0 Å². The fourth-order valence-electron chi connectivity index (χ4n) is 3.56. The molecule has 0 saturated carbocycles. The molecule has 2 aromatic heterocycles. The van der Waals surface area contributed by atoms with Crippen LogP contribution >= 0.6 is 0 Å². The Kier molecular flexibility index (Phi) is 7.14. The third-order valence-electron chi connectivity index (χ3n) is 5.33. The number of aromatic nitrogens is 2. The molecule has 0 radical (unpaired) electrons. The van der Waals surface area contributed by atoms with E-state index in [-0.39, 0.29) is 6.04 Å². The number of aryl methyl sites for hydroxylation is 2. The zero-order valence-electron chi connectivity index (χ0n) is 17.5. The van der Waals surface area contributed by atoms with Crippen LogP contribution in [-0.2, 0) is 24.6 Å². The van der Waals surface area contributed by atoms with Crippen molar-refractivity contribution in [2.24, 2.45) is 18.0 Å². The first-order chi connectivity index (χ1) is 13.5. The van der Waals surface area contributed by atoms with E-state index in [1.165, 1.54) is 11.3 Å². The van der Waals surface area contributed by atoms with Crippen molar-refractivity contribution in [2.75, 3.05) is 26.3 Å². The van der Waals surface area contributed by atoms with Gasteiger partial charge in [-0.3, -0.25) is 9.67 Å². The van der Waals surface area contributed by atoms with Gasteiger partial charge in [-0.05, 0) is 51.3 Å². The molecule has 154 valence electrons. The first-order valence-electron chi connectivity index (χ1n) is 10.2. The third kappa shape index (κ3) is 5.61. The van der Waals surface area contributed by atoms with Crippen LogP contribution in [0.4, 0.5) is 0 Å². The van der Waals surface area contributed by atoms with Crippen LogP contribution in [0.2, 0.25) is 0 Å². The Balaban J connectivity index is 1.58. The van der Waals surface area contributed by atoms with Gasteiger partial charge in [0.1, 0.15) is 5.76 Å². The van der Waals surface area contributed by atoms with Gasteiger partial charge in [0.05, 0.1) is 18.6 Å². The van der Waals surface area contributed by atoms with E-state index in [2.05, 4.69) is 36.5 Å². The van der Waals surface area contributed by atoms with Crippen LogP contribution in [0.1, 0.15) is 36.1 Å². The maximum absolute atomic E-state index is 5.48. The normalized spacial score (nSPS) is 18.4. The molecule has 0 bridgehead atoms. The Labute approximate surface area is 167 Å². The number of nitrogens with one attached hydrogen (secondary N) is 2. The summed E-state index contributed by atoms with van der Waals surface area (Å²) in [4.78, 5) is 4.82. The molecular weight excluding hydrogens is 354 g/mol. The molecule has 1 aliphatic heterocycles. The molecule has 2 N–H and O–H groups in total. The molecule has 0 spiro atoms. The summed E-state index contributed by atoms with van der Waals surface area (Å²) < 4.78 is 12.8. The second-order valence-electron chi connectivity index (χ2n) is 7.70. The molecule has 7 nitrogen and oxygen atoms in total. The van der Waals surface area contributed by atoms with Gasteiger partial charge in [-0.25, -0.2) is 0 Å². The zero-order valence-corrected chi connectivity index (χ0v) is 17.5. The van der Waals surface area contributed by atoms with Crippen LogP contribution in [0, 0.1) is 19.8 Å². The van der Waals surface area contributed by atoms with Crippen molar-refractivity contribution >= 4 is 5.96 Å². The first-order valence-corrected chi connectivity index (χ1v) is 10.2. The van der Waals surface area contributed by atoms with Gasteiger partial charge in [0.2, 0.25) is 0 Å². The standard InChI is InChI=1S/C21H33N5O2/c1-15(12-20-16(2)25-26(4)17(20)3)24-21(23-13-18-8-11-27-14-18)22-9-7-19-6-5-10-28-19/h5-6,10,15,18H,7-9,11-14H2,1-4H3,(H2,22,23,24). The molecule has 1 fully saturated rings. The molecule has 2 atom stereocenters. The first kappa shape index (κ1) is 20.5. The number of hydrogen-bond donors (Lipinski definition) is 2. The molecule has 1 aliphatic rings. The van der Waals surface area contributed by atoms with Crippen LogP contribution in [-0.4, -0.2) is 48.1 Å². The third-order valence-corrected chi connectivity index (χ3v) is 5.33. The minimum Gasteiger partial charge on any atom is -0.469 e. The van der Waals surface area contributed by atoms with Crippen molar-refractivity contribution in [3.8, 4) is 0 Å². The molecule has 2 unspecified atom stereocenters.